The minimum absolute atomic E-state index is 0.169. The molecular weight excluding hydrogens is 298 g/mol. The number of aromatic hydroxyl groups is 1. The molecule has 3 aromatic carbocycles. The Labute approximate surface area is 141 Å². The Hall–Kier alpha value is -2.94. The van der Waals surface area contributed by atoms with Crippen molar-refractivity contribution in [2.75, 3.05) is 12.3 Å². The second kappa shape index (κ2) is 5.93. The van der Waals surface area contributed by atoms with Crippen LogP contribution in [0.3, 0.4) is 0 Å². The van der Waals surface area contributed by atoms with Crippen LogP contribution < -0.4 is 10.5 Å². The second-order valence-corrected chi connectivity index (χ2v) is 6.19. The lowest BCUT2D eigenvalue weighted by Crippen LogP contribution is -2.25. The van der Waals surface area contributed by atoms with Crippen molar-refractivity contribution in [3.05, 3.63) is 89.5 Å². The van der Waals surface area contributed by atoms with Gasteiger partial charge in [-0.15, -0.1) is 0 Å². The van der Waals surface area contributed by atoms with Crippen LogP contribution in [0.25, 0.3) is 0 Å². The highest BCUT2D eigenvalue weighted by Crippen LogP contribution is 2.46. The van der Waals surface area contributed by atoms with Crippen molar-refractivity contribution in [1.82, 2.24) is 0 Å². The molecule has 3 N–H and O–H groups in total. The van der Waals surface area contributed by atoms with Gasteiger partial charge in [0.25, 0.3) is 0 Å². The summed E-state index contributed by atoms with van der Waals surface area (Å²) in [5.41, 5.74) is 10.3. The summed E-state index contributed by atoms with van der Waals surface area (Å²) in [6.45, 7) is 0.598. The molecule has 0 fully saturated rings. The van der Waals surface area contributed by atoms with Crippen LogP contribution in [0.4, 0.5) is 5.69 Å². The van der Waals surface area contributed by atoms with Crippen LogP contribution in [0, 0.1) is 0 Å². The minimum Gasteiger partial charge on any atom is -0.508 e. The first-order valence-electron chi connectivity index (χ1n) is 8.08. The van der Waals surface area contributed by atoms with Gasteiger partial charge in [0.2, 0.25) is 0 Å². The van der Waals surface area contributed by atoms with Crippen LogP contribution in [0.15, 0.2) is 72.8 Å². The third-order valence-corrected chi connectivity index (χ3v) is 4.67. The SMILES string of the molecule is Nc1cccc(C2c3ccccc3OCC2c2ccc(O)cc2)c1. The molecule has 0 aromatic heterocycles. The topological polar surface area (TPSA) is 55.5 Å². The number of phenols is 1. The summed E-state index contributed by atoms with van der Waals surface area (Å²) in [4.78, 5) is 0. The number of phenolic OH excluding ortho intramolecular Hbond substituents is 1. The lowest BCUT2D eigenvalue weighted by molar-refractivity contribution is 0.249. The lowest BCUT2D eigenvalue weighted by Gasteiger charge is -2.34. The van der Waals surface area contributed by atoms with E-state index in [1.165, 1.54) is 11.1 Å². The molecule has 1 heterocycles. The minimum atomic E-state index is 0.169. The van der Waals surface area contributed by atoms with E-state index in [2.05, 4.69) is 12.1 Å². The number of rotatable bonds is 2. The fraction of sp³-hybridized carbons (Fsp3) is 0.143. The molecule has 0 saturated heterocycles. The number of fused-ring (bicyclic) bond motifs is 1. The Bertz CT molecular complexity index is 858. The van der Waals surface area contributed by atoms with Crippen LogP contribution in [-0.4, -0.2) is 11.7 Å². The predicted molar refractivity (Wildman–Crippen MR) is 95.5 cm³/mol. The lowest BCUT2D eigenvalue weighted by atomic mass is 9.76. The smallest absolute Gasteiger partial charge is 0.123 e. The van der Waals surface area contributed by atoms with Gasteiger partial charge in [-0.05, 0) is 41.5 Å². The van der Waals surface area contributed by atoms with Crippen molar-refractivity contribution in [1.29, 1.82) is 0 Å². The molecule has 1 aliphatic heterocycles. The van der Waals surface area contributed by atoms with E-state index in [1.807, 2.05) is 48.5 Å². The monoisotopic (exact) mass is 317 g/mol. The van der Waals surface area contributed by atoms with E-state index in [-0.39, 0.29) is 17.6 Å². The van der Waals surface area contributed by atoms with Crippen molar-refractivity contribution in [3.63, 3.8) is 0 Å². The highest BCUT2D eigenvalue weighted by atomic mass is 16.5. The molecule has 0 bridgehead atoms. The van der Waals surface area contributed by atoms with Crippen LogP contribution in [0.5, 0.6) is 11.5 Å². The van der Waals surface area contributed by atoms with Gasteiger partial charge in [0.15, 0.2) is 0 Å². The quantitative estimate of drug-likeness (QED) is 0.694. The number of hydrogen-bond acceptors (Lipinski definition) is 3. The van der Waals surface area contributed by atoms with Crippen LogP contribution in [0.1, 0.15) is 28.5 Å². The van der Waals surface area contributed by atoms with E-state index >= 15 is 0 Å². The molecule has 0 saturated carbocycles. The Balaban J connectivity index is 1.85. The molecule has 0 spiro atoms. The van der Waals surface area contributed by atoms with Crippen molar-refractivity contribution < 1.29 is 9.84 Å². The molecule has 0 aliphatic carbocycles. The van der Waals surface area contributed by atoms with Gasteiger partial charge in [-0.1, -0.05) is 42.5 Å². The highest BCUT2D eigenvalue weighted by molar-refractivity contribution is 5.51. The number of anilines is 1. The van der Waals surface area contributed by atoms with Gasteiger partial charge in [-0.25, -0.2) is 0 Å². The molecule has 0 amide bonds. The highest BCUT2D eigenvalue weighted by Gasteiger charge is 2.33. The van der Waals surface area contributed by atoms with Crippen molar-refractivity contribution in [3.8, 4) is 11.5 Å². The molecule has 2 atom stereocenters. The molecule has 24 heavy (non-hydrogen) atoms. The van der Waals surface area contributed by atoms with Gasteiger partial charge in [0.1, 0.15) is 11.5 Å². The molecule has 3 heteroatoms. The van der Waals surface area contributed by atoms with Gasteiger partial charge in [0.05, 0.1) is 6.61 Å². The molecule has 120 valence electrons. The van der Waals surface area contributed by atoms with E-state index < -0.39 is 0 Å². The molecule has 1 aliphatic rings. The summed E-state index contributed by atoms with van der Waals surface area (Å²) in [5, 5.41) is 9.58. The molecule has 4 rings (SSSR count). The predicted octanol–water partition coefficient (Wildman–Crippen LogP) is 4.28. The Kier molecular flexibility index (Phi) is 3.62. The number of para-hydroxylation sites is 1. The average Bonchev–Trinajstić information content (AvgIpc) is 2.61. The standard InChI is InChI=1S/C21H19NO2/c22-16-5-3-4-15(12-16)21-18-6-1-2-7-20(18)24-13-19(21)14-8-10-17(23)11-9-14/h1-12,19,21,23H,13,22H2. The third kappa shape index (κ3) is 2.58. The first kappa shape index (κ1) is 14.6. The van der Waals surface area contributed by atoms with Crippen molar-refractivity contribution >= 4 is 5.69 Å². The fourth-order valence-electron chi connectivity index (χ4n) is 3.54. The van der Waals surface area contributed by atoms with E-state index in [0.29, 0.717) is 6.61 Å². The van der Waals surface area contributed by atoms with E-state index in [4.69, 9.17) is 10.5 Å². The molecular formula is C21H19NO2. The molecule has 3 aromatic rings. The fourth-order valence-corrected chi connectivity index (χ4v) is 3.54. The zero-order valence-electron chi connectivity index (χ0n) is 13.2. The number of benzene rings is 3. The van der Waals surface area contributed by atoms with Crippen LogP contribution in [0.2, 0.25) is 0 Å². The number of nitrogen functional groups attached to an aromatic ring is 1. The van der Waals surface area contributed by atoms with Crippen LogP contribution >= 0.6 is 0 Å². The Morgan fingerprint density at radius 3 is 2.46 bits per heavy atom. The van der Waals surface area contributed by atoms with Crippen molar-refractivity contribution in [2.24, 2.45) is 0 Å². The van der Waals surface area contributed by atoms with Gasteiger partial charge >= 0.3 is 0 Å². The first-order valence-corrected chi connectivity index (χ1v) is 8.08. The maximum atomic E-state index is 9.58. The molecule has 2 unspecified atom stereocenters. The van der Waals surface area contributed by atoms with Gasteiger partial charge in [-0.3, -0.25) is 0 Å². The Morgan fingerprint density at radius 2 is 1.67 bits per heavy atom. The van der Waals surface area contributed by atoms with Gasteiger partial charge < -0.3 is 15.6 Å². The number of ether oxygens (including phenoxy) is 1. The summed E-state index contributed by atoms with van der Waals surface area (Å²) in [6, 6.07) is 23.6. The summed E-state index contributed by atoms with van der Waals surface area (Å²) < 4.78 is 6.01. The van der Waals surface area contributed by atoms with E-state index in [1.54, 1.807) is 12.1 Å². The maximum Gasteiger partial charge on any atom is 0.123 e. The zero-order chi connectivity index (χ0) is 16.5. The number of nitrogens with two attached hydrogens (primary N) is 1. The largest absolute Gasteiger partial charge is 0.508 e. The van der Waals surface area contributed by atoms with Crippen molar-refractivity contribution in [2.45, 2.75) is 11.8 Å². The number of hydrogen-bond donors (Lipinski definition) is 2. The second-order valence-electron chi connectivity index (χ2n) is 6.19. The average molecular weight is 317 g/mol. The summed E-state index contributed by atoms with van der Waals surface area (Å²) in [5.74, 6) is 1.54. The summed E-state index contributed by atoms with van der Waals surface area (Å²) in [7, 11) is 0. The van der Waals surface area contributed by atoms with Gasteiger partial charge in [0, 0.05) is 23.1 Å². The summed E-state index contributed by atoms with van der Waals surface area (Å²) in [6.07, 6.45) is 0. The van der Waals surface area contributed by atoms with Gasteiger partial charge in [-0.2, -0.15) is 0 Å². The van der Waals surface area contributed by atoms with E-state index in [9.17, 15) is 5.11 Å². The Morgan fingerprint density at radius 1 is 0.875 bits per heavy atom. The van der Waals surface area contributed by atoms with Crippen LogP contribution in [-0.2, 0) is 0 Å². The first-order chi connectivity index (χ1) is 11.7. The zero-order valence-corrected chi connectivity index (χ0v) is 13.2. The summed E-state index contributed by atoms with van der Waals surface area (Å²) >= 11 is 0. The maximum absolute atomic E-state index is 9.58. The molecule has 0 radical (unpaired) electrons. The molecule has 3 nitrogen and oxygen atoms in total. The van der Waals surface area contributed by atoms with E-state index in [0.717, 1.165) is 17.0 Å². The normalized spacial score (nSPS) is 19.3. The third-order valence-electron chi connectivity index (χ3n) is 4.67.